The van der Waals surface area contributed by atoms with Crippen LogP contribution in [-0.4, -0.2) is 45.4 Å². The molecule has 1 aliphatic rings. The van der Waals surface area contributed by atoms with Crippen LogP contribution in [0.1, 0.15) is 61.6 Å². The number of amides is 2. The molecule has 2 aromatic carbocycles. The first kappa shape index (κ1) is 24.3. The standard InChI is InChI=1S/C27H33ClN4O2/c1-20-11-8-10-18-31(20)26(33)19-32-24-15-7-6-14-23(24)30-25(32)16-3-2-9-17-29-27(34)21-12-4-5-13-22(21)28/h4-7,12-15,20H,2-3,8-11,16-19H2,1H3,(H,29,34). The van der Waals surface area contributed by atoms with Crippen LogP contribution in [-0.2, 0) is 17.8 Å². The van der Waals surface area contributed by atoms with Crippen molar-refractivity contribution in [3.8, 4) is 0 Å². The van der Waals surface area contributed by atoms with Crippen LogP contribution in [0.25, 0.3) is 11.0 Å². The second kappa shape index (κ2) is 11.5. The first-order chi connectivity index (χ1) is 16.5. The van der Waals surface area contributed by atoms with Crippen LogP contribution in [0.2, 0.25) is 5.02 Å². The second-order valence-electron chi connectivity index (χ2n) is 9.08. The average molecular weight is 481 g/mol. The van der Waals surface area contributed by atoms with Gasteiger partial charge in [0.2, 0.25) is 5.91 Å². The summed E-state index contributed by atoms with van der Waals surface area (Å²) in [6.45, 7) is 3.94. The first-order valence-corrected chi connectivity index (χ1v) is 12.7. The van der Waals surface area contributed by atoms with Crippen molar-refractivity contribution in [2.45, 2.75) is 64.5 Å². The molecule has 1 fully saturated rings. The Hall–Kier alpha value is -2.86. The van der Waals surface area contributed by atoms with Gasteiger partial charge in [0.05, 0.1) is 21.6 Å². The number of halogens is 1. The Kier molecular flexibility index (Phi) is 8.22. The van der Waals surface area contributed by atoms with Crippen molar-refractivity contribution in [3.63, 3.8) is 0 Å². The zero-order valence-corrected chi connectivity index (χ0v) is 20.6. The Morgan fingerprint density at radius 2 is 1.85 bits per heavy atom. The minimum Gasteiger partial charge on any atom is -0.352 e. The molecule has 1 aliphatic heterocycles. The number of hydrogen-bond acceptors (Lipinski definition) is 3. The molecule has 1 saturated heterocycles. The molecule has 6 nitrogen and oxygen atoms in total. The maximum Gasteiger partial charge on any atom is 0.252 e. The van der Waals surface area contributed by atoms with Gasteiger partial charge in [-0.25, -0.2) is 4.98 Å². The minimum atomic E-state index is -0.141. The first-order valence-electron chi connectivity index (χ1n) is 12.3. The van der Waals surface area contributed by atoms with E-state index in [0.717, 1.165) is 61.9 Å². The van der Waals surface area contributed by atoms with Gasteiger partial charge in [-0.1, -0.05) is 42.3 Å². The molecule has 2 amide bonds. The summed E-state index contributed by atoms with van der Waals surface area (Å²) in [5.41, 5.74) is 2.46. The van der Waals surface area contributed by atoms with Crippen molar-refractivity contribution in [1.82, 2.24) is 19.8 Å². The molecule has 1 aromatic heterocycles. The van der Waals surface area contributed by atoms with Crippen molar-refractivity contribution in [2.75, 3.05) is 13.1 Å². The van der Waals surface area contributed by atoms with Crippen molar-refractivity contribution in [1.29, 1.82) is 0 Å². The van der Waals surface area contributed by atoms with E-state index in [9.17, 15) is 9.59 Å². The van der Waals surface area contributed by atoms with E-state index in [1.54, 1.807) is 12.1 Å². The number of aromatic nitrogens is 2. The van der Waals surface area contributed by atoms with Gasteiger partial charge in [-0.2, -0.15) is 0 Å². The number of nitrogens with one attached hydrogen (secondary N) is 1. The van der Waals surface area contributed by atoms with Crippen LogP contribution >= 0.6 is 11.6 Å². The van der Waals surface area contributed by atoms with Gasteiger partial charge in [0, 0.05) is 25.6 Å². The highest BCUT2D eigenvalue weighted by atomic mass is 35.5. The molecule has 0 aliphatic carbocycles. The lowest BCUT2D eigenvalue weighted by atomic mass is 10.0. The van der Waals surface area contributed by atoms with Gasteiger partial charge >= 0.3 is 0 Å². The summed E-state index contributed by atoms with van der Waals surface area (Å²) in [7, 11) is 0. The number of hydrogen-bond donors (Lipinski definition) is 1. The number of para-hydroxylation sites is 2. The quantitative estimate of drug-likeness (QED) is 0.426. The number of rotatable bonds is 9. The lowest BCUT2D eigenvalue weighted by Crippen LogP contribution is -2.43. The molecule has 34 heavy (non-hydrogen) atoms. The molecular weight excluding hydrogens is 448 g/mol. The lowest BCUT2D eigenvalue weighted by molar-refractivity contribution is -0.135. The molecule has 4 rings (SSSR count). The molecule has 1 atom stereocenters. The van der Waals surface area contributed by atoms with Gasteiger partial charge < -0.3 is 14.8 Å². The lowest BCUT2D eigenvalue weighted by Gasteiger charge is -2.33. The molecule has 2 heterocycles. The summed E-state index contributed by atoms with van der Waals surface area (Å²) in [6, 6.07) is 15.4. The molecule has 7 heteroatoms. The molecule has 180 valence electrons. The van der Waals surface area contributed by atoms with E-state index in [1.807, 2.05) is 41.3 Å². The summed E-state index contributed by atoms with van der Waals surface area (Å²) in [6.07, 6.45) is 6.94. The maximum atomic E-state index is 13.1. The van der Waals surface area contributed by atoms with E-state index < -0.39 is 0 Å². The number of carbonyl (C=O) groups is 2. The van der Waals surface area contributed by atoms with E-state index in [-0.39, 0.29) is 11.8 Å². The van der Waals surface area contributed by atoms with Crippen LogP contribution in [0.15, 0.2) is 48.5 Å². The number of likely N-dealkylation sites (tertiary alicyclic amines) is 1. The number of unbranched alkanes of at least 4 members (excludes halogenated alkanes) is 2. The van der Waals surface area contributed by atoms with E-state index in [1.165, 1.54) is 6.42 Å². The highest BCUT2D eigenvalue weighted by molar-refractivity contribution is 6.33. The third-order valence-electron chi connectivity index (χ3n) is 6.63. The summed E-state index contributed by atoms with van der Waals surface area (Å²) in [4.78, 5) is 32.3. The van der Waals surface area contributed by atoms with Crippen LogP contribution in [0, 0.1) is 0 Å². The van der Waals surface area contributed by atoms with Crippen molar-refractivity contribution < 1.29 is 9.59 Å². The van der Waals surface area contributed by atoms with Crippen LogP contribution in [0.5, 0.6) is 0 Å². The SMILES string of the molecule is CC1CCCCN1C(=O)Cn1c(CCCCCNC(=O)c2ccccc2Cl)nc2ccccc21. The largest absolute Gasteiger partial charge is 0.352 e. The second-order valence-corrected chi connectivity index (χ2v) is 9.49. The van der Waals surface area contributed by atoms with E-state index >= 15 is 0 Å². The van der Waals surface area contributed by atoms with Crippen LogP contribution in [0.4, 0.5) is 0 Å². The molecule has 1 N–H and O–H groups in total. The van der Waals surface area contributed by atoms with Crippen LogP contribution < -0.4 is 5.32 Å². The fourth-order valence-electron chi connectivity index (χ4n) is 4.71. The summed E-state index contributed by atoms with van der Waals surface area (Å²) in [5, 5.41) is 3.41. The number of nitrogens with zero attached hydrogens (tertiary/aromatic N) is 3. The topological polar surface area (TPSA) is 67.2 Å². The number of fused-ring (bicyclic) bond motifs is 1. The predicted molar refractivity (Wildman–Crippen MR) is 136 cm³/mol. The smallest absolute Gasteiger partial charge is 0.252 e. The average Bonchev–Trinajstić information content (AvgIpc) is 3.18. The van der Waals surface area contributed by atoms with Crippen molar-refractivity contribution in [3.05, 3.63) is 64.9 Å². The molecule has 3 aromatic rings. The van der Waals surface area contributed by atoms with Crippen LogP contribution in [0.3, 0.4) is 0 Å². The fourth-order valence-corrected chi connectivity index (χ4v) is 4.94. The zero-order valence-electron chi connectivity index (χ0n) is 19.8. The molecule has 0 spiro atoms. The van der Waals surface area contributed by atoms with E-state index in [0.29, 0.717) is 29.7 Å². The van der Waals surface area contributed by atoms with Gasteiger partial charge in [0.15, 0.2) is 0 Å². The Balaban J connectivity index is 1.32. The Bertz CT molecular complexity index is 1140. The van der Waals surface area contributed by atoms with E-state index in [2.05, 4.69) is 16.8 Å². The van der Waals surface area contributed by atoms with E-state index in [4.69, 9.17) is 16.6 Å². The highest BCUT2D eigenvalue weighted by Gasteiger charge is 2.24. The predicted octanol–water partition coefficient (Wildman–Crippen LogP) is 5.23. The monoisotopic (exact) mass is 480 g/mol. The zero-order chi connectivity index (χ0) is 23.9. The Morgan fingerprint density at radius 3 is 2.68 bits per heavy atom. The van der Waals surface area contributed by atoms with Gasteiger partial charge in [-0.15, -0.1) is 0 Å². The Labute approximate surface area is 206 Å². The number of benzene rings is 2. The third-order valence-corrected chi connectivity index (χ3v) is 6.96. The number of imidazole rings is 1. The maximum absolute atomic E-state index is 13.1. The van der Waals surface area contributed by atoms with Gasteiger partial charge in [0.1, 0.15) is 12.4 Å². The number of carbonyl (C=O) groups excluding carboxylic acids is 2. The molecule has 0 radical (unpaired) electrons. The normalized spacial score (nSPS) is 16.1. The number of piperidine rings is 1. The minimum absolute atomic E-state index is 0.141. The summed E-state index contributed by atoms with van der Waals surface area (Å²) >= 11 is 6.09. The fraction of sp³-hybridized carbons (Fsp3) is 0.444. The Morgan fingerprint density at radius 1 is 1.06 bits per heavy atom. The molecule has 0 bridgehead atoms. The molecule has 0 saturated carbocycles. The summed E-state index contributed by atoms with van der Waals surface area (Å²) in [5.74, 6) is 0.996. The summed E-state index contributed by atoms with van der Waals surface area (Å²) < 4.78 is 2.10. The third kappa shape index (κ3) is 5.79. The van der Waals surface area contributed by atoms with Crippen molar-refractivity contribution >= 4 is 34.4 Å². The number of aryl methyl sites for hydroxylation is 1. The molecular formula is C27H33ClN4O2. The molecule has 1 unspecified atom stereocenters. The van der Waals surface area contributed by atoms with Gasteiger partial charge in [-0.3, -0.25) is 9.59 Å². The van der Waals surface area contributed by atoms with Crippen molar-refractivity contribution in [2.24, 2.45) is 0 Å². The highest BCUT2D eigenvalue weighted by Crippen LogP contribution is 2.21. The van der Waals surface area contributed by atoms with Gasteiger partial charge in [-0.05, 0) is 63.3 Å². The van der Waals surface area contributed by atoms with Gasteiger partial charge in [0.25, 0.3) is 5.91 Å².